The van der Waals surface area contributed by atoms with Crippen LogP contribution in [0.15, 0.2) is 12.1 Å². The van der Waals surface area contributed by atoms with Gasteiger partial charge in [0.2, 0.25) is 0 Å². The van der Waals surface area contributed by atoms with Gasteiger partial charge in [0.15, 0.2) is 0 Å². The van der Waals surface area contributed by atoms with Crippen molar-refractivity contribution in [2.24, 2.45) is 17.8 Å². The van der Waals surface area contributed by atoms with E-state index in [2.05, 4.69) is 10.3 Å². The zero-order valence-electron chi connectivity index (χ0n) is 11.5. The van der Waals surface area contributed by atoms with Gasteiger partial charge in [0, 0.05) is 6.54 Å². The summed E-state index contributed by atoms with van der Waals surface area (Å²) in [7, 11) is 0. The van der Waals surface area contributed by atoms with Crippen LogP contribution in [-0.4, -0.2) is 11.5 Å². The zero-order valence-corrected chi connectivity index (χ0v) is 11.5. The molecule has 112 valence electrons. The summed E-state index contributed by atoms with van der Waals surface area (Å²) in [5.74, 6) is 2.01. The number of hydrogen-bond donors (Lipinski definition) is 1. The van der Waals surface area contributed by atoms with Crippen LogP contribution in [0.4, 0.5) is 19.0 Å². The number of nitrogens with zero attached hydrogens (tertiary/aromatic N) is 2. The molecule has 21 heavy (non-hydrogen) atoms. The molecular weight excluding hydrogens is 279 g/mol. The van der Waals surface area contributed by atoms with Crippen LogP contribution < -0.4 is 5.32 Å². The Morgan fingerprint density at radius 3 is 2.67 bits per heavy atom. The van der Waals surface area contributed by atoms with Gasteiger partial charge in [-0.25, -0.2) is 4.98 Å². The number of aromatic nitrogens is 1. The third-order valence-electron chi connectivity index (χ3n) is 4.72. The Morgan fingerprint density at radius 2 is 2.10 bits per heavy atom. The average Bonchev–Trinajstić information content (AvgIpc) is 3.06. The molecule has 2 bridgehead atoms. The molecule has 2 saturated carbocycles. The van der Waals surface area contributed by atoms with Gasteiger partial charge in [-0.3, -0.25) is 0 Å². The van der Waals surface area contributed by atoms with Crippen molar-refractivity contribution in [3.05, 3.63) is 23.4 Å². The van der Waals surface area contributed by atoms with Gasteiger partial charge in [0.25, 0.3) is 0 Å². The Morgan fingerprint density at radius 1 is 1.29 bits per heavy atom. The Bertz CT molecular complexity index is 577. The van der Waals surface area contributed by atoms with E-state index >= 15 is 0 Å². The number of halogens is 3. The summed E-state index contributed by atoms with van der Waals surface area (Å²) in [6.45, 7) is 0.601. The number of hydrogen-bond acceptors (Lipinski definition) is 3. The molecule has 2 fully saturated rings. The topological polar surface area (TPSA) is 48.7 Å². The van der Waals surface area contributed by atoms with E-state index in [9.17, 15) is 13.2 Å². The summed E-state index contributed by atoms with van der Waals surface area (Å²) in [4.78, 5) is 3.58. The van der Waals surface area contributed by atoms with Crippen molar-refractivity contribution in [1.29, 1.82) is 5.26 Å². The van der Waals surface area contributed by atoms with Gasteiger partial charge in [-0.05, 0) is 49.1 Å². The second-order valence-corrected chi connectivity index (χ2v) is 6.02. The van der Waals surface area contributed by atoms with Crippen LogP contribution in [0.1, 0.15) is 36.9 Å². The molecule has 6 heteroatoms. The molecule has 0 aliphatic heterocycles. The second kappa shape index (κ2) is 5.21. The normalized spacial score (nSPS) is 27.6. The molecule has 3 nitrogen and oxygen atoms in total. The number of rotatable bonds is 3. The van der Waals surface area contributed by atoms with Crippen LogP contribution in [-0.2, 0) is 6.18 Å². The molecule has 1 heterocycles. The zero-order chi connectivity index (χ0) is 15.0. The predicted octanol–water partition coefficient (Wildman–Crippen LogP) is 3.82. The third kappa shape index (κ3) is 2.82. The molecule has 3 unspecified atom stereocenters. The summed E-state index contributed by atoms with van der Waals surface area (Å²) < 4.78 is 38.1. The Kier molecular flexibility index (Phi) is 3.52. The van der Waals surface area contributed by atoms with Crippen LogP contribution in [0.3, 0.4) is 0 Å². The highest BCUT2D eigenvalue weighted by molar-refractivity contribution is 5.52. The van der Waals surface area contributed by atoms with Crippen LogP contribution >= 0.6 is 0 Å². The Balaban J connectivity index is 1.73. The van der Waals surface area contributed by atoms with Crippen LogP contribution in [0.5, 0.6) is 0 Å². The summed E-state index contributed by atoms with van der Waals surface area (Å²) in [5, 5.41) is 12.0. The van der Waals surface area contributed by atoms with Crippen molar-refractivity contribution >= 4 is 5.82 Å². The maximum absolute atomic E-state index is 12.7. The third-order valence-corrected chi connectivity index (χ3v) is 4.72. The lowest BCUT2D eigenvalue weighted by molar-refractivity contribution is -0.141. The molecule has 1 aromatic heterocycles. The molecule has 2 aliphatic carbocycles. The maximum Gasteiger partial charge on any atom is 0.433 e. The first kappa shape index (κ1) is 14.2. The van der Waals surface area contributed by atoms with Gasteiger partial charge < -0.3 is 5.32 Å². The van der Waals surface area contributed by atoms with Crippen molar-refractivity contribution in [3.63, 3.8) is 0 Å². The van der Waals surface area contributed by atoms with E-state index in [1.807, 2.05) is 6.07 Å². The summed E-state index contributed by atoms with van der Waals surface area (Å²) in [6, 6.07) is 3.92. The predicted molar refractivity (Wildman–Crippen MR) is 71.4 cm³/mol. The number of pyridine rings is 1. The molecule has 2 aliphatic rings. The number of fused-ring (bicyclic) bond motifs is 2. The van der Waals surface area contributed by atoms with Gasteiger partial charge >= 0.3 is 6.18 Å². The van der Waals surface area contributed by atoms with Gasteiger partial charge in [0.1, 0.15) is 17.6 Å². The van der Waals surface area contributed by atoms with E-state index in [4.69, 9.17) is 5.26 Å². The highest BCUT2D eigenvalue weighted by atomic mass is 19.4. The number of nitrogens with one attached hydrogen (secondary N) is 1. The molecular formula is C15H16F3N3. The molecule has 3 rings (SSSR count). The van der Waals surface area contributed by atoms with Gasteiger partial charge in [-0.15, -0.1) is 0 Å². The lowest BCUT2D eigenvalue weighted by atomic mass is 9.89. The molecule has 3 atom stereocenters. The molecule has 1 N–H and O–H groups in total. The minimum atomic E-state index is -4.49. The first-order valence-corrected chi connectivity index (χ1v) is 7.19. The molecule has 0 saturated heterocycles. The van der Waals surface area contributed by atoms with E-state index in [0.29, 0.717) is 18.4 Å². The quantitative estimate of drug-likeness (QED) is 0.922. The molecule has 0 radical (unpaired) electrons. The van der Waals surface area contributed by atoms with E-state index in [1.165, 1.54) is 25.3 Å². The standard InChI is InChI=1S/C15H16F3N3/c16-15(17,18)13-4-3-11(7-19)14(21-13)20-8-12-6-9-1-2-10(12)5-9/h3-4,9-10,12H,1-2,5-6,8H2,(H,20,21). The number of anilines is 1. The maximum atomic E-state index is 12.7. The fraction of sp³-hybridized carbons (Fsp3) is 0.600. The molecule has 0 amide bonds. The minimum absolute atomic E-state index is 0.0510. The van der Waals surface area contributed by atoms with Crippen LogP contribution in [0.2, 0.25) is 0 Å². The summed E-state index contributed by atoms with van der Waals surface area (Å²) >= 11 is 0. The van der Waals surface area contributed by atoms with Crippen molar-refractivity contribution in [2.75, 3.05) is 11.9 Å². The molecule has 0 spiro atoms. The van der Waals surface area contributed by atoms with Crippen LogP contribution in [0.25, 0.3) is 0 Å². The van der Waals surface area contributed by atoms with E-state index < -0.39 is 11.9 Å². The minimum Gasteiger partial charge on any atom is -0.369 e. The highest BCUT2D eigenvalue weighted by Gasteiger charge is 2.39. The highest BCUT2D eigenvalue weighted by Crippen LogP contribution is 2.48. The fourth-order valence-electron chi connectivity index (χ4n) is 3.70. The van der Waals surface area contributed by atoms with E-state index in [-0.39, 0.29) is 11.4 Å². The summed E-state index contributed by atoms with van der Waals surface area (Å²) in [6.07, 6.45) is 0.396. The van der Waals surface area contributed by atoms with Crippen molar-refractivity contribution in [2.45, 2.75) is 31.9 Å². The lowest BCUT2D eigenvalue weighted by Crippen LogP contribution is -2.21. The molecule has 0 aromatic carbocycles. The average molecular weight is 295 g/mol. The van der Waals surface area contributed by atoms with E-state index in [0.717, 1.165) is 18.4 Å². The van der Waals surface area contributed by atoms with E-state index in [1.54, 1.807) is 0 Å². The summed E-state index contributed by atoms with van der Waals surface area (Å²) in [5.41, 5.74) is -0.803. The first-order chi connectivity index (χ1) is 9.97. The van der Waals surface area contributed by atoms with Crippen LogP contribution in [0, 0.1) is 29.1 Å². The van der Waals surface area contributed by atoms with Gasteiger partial charge in [0.05, 0.1) is 5.56 Å². The smallest absolute Gasteiger partial charge is 0.369 e. The Labute approximate surface area is 121 Å². The fourth-order valence-corrected chi connectivity index (χ4v) is 3.70. The Hall–Kier alpha value is -1.77. The van der Waals surface area contributed by atoms with Gasteiger partial charge in [-0.1, -0.05) is 6.42 Å². The first-order valence-electron chi connectivity index (χ1n) is 7.19. The van der Waals surface area contributed by atoms with Crippen molar-refractivity contribution in [1.82, 2.24) is 4.98 Å². The van der Waals surface area contributed by atoms with Crippen molar-refractivity contribution in [3.8, 4) is 6.07 Å². The molecule has 1 aromatic rings. The number of alkyl halides is 3. The second-order valence-electron chi connectivity index (χ2n) is 6.02. The largest absolute Gasteiger partial charge is 0.433 e. The van der Waals surface area contributed by atoms with Gasteiger partial charge in [-0.2, -0.15) is 18.4 Å². The SMILES string of the molecule is N#Cc1ccc(C(F)(F)F)nc1NCC1CC2CCC1C2. The monoisotopic (exact) mass is 295 g/mol. The van der Waals surface area contributed by atoms with Crippen molar-refractivity contribution < 1.29 is 13.2 Å². The number of nitriles is 1. The lowest BCUT2D eigenvalue weighted by Gasteiger charge is -2.22.